The molecule has 4 nitrogen and oxygen atoms in total. The Balaban J connectivity index is 1.65. The molecule has 1 saturated heterocycles. The van der Waals surface area contributed by atoms with Gasteiger partial charge in [0.1, 0.15) is 11.6 Å². The second kappa shape index (κ2) is 7.79. The summed E-state index contributed by atoms with van der Waals surface area (Å²) in [4.78, 5) is 12.9. The number of benzene rings is 1. The van der Waals surface area contributed by atoms with Crippen molar-refractivity contribution in [3.8, 4) is 0 Å². The van der Waals surface area contributed by atoms with E-state index in [1.165, 1.54) is 18.9 Å². The zero-order valence-corrected chi connectivity index (χ0v) is 14.4. The molecule has 6 heteroatoms. The normalized spacial score (nSPS) is 20.6. The number of hydrogen-bond donors (Lipinski definition) is 2. The predicted octanol–water partition coefficient (Wildman–Crippen LogP) is 2.82. The molecular weight excluding hydrogens is 326 g/mol. The Kier molecular flexibility index (Phi) is 5.69. The number of carboxylic acids is 1. The lowest BCUT2D eigenvalue weighted by atomic mass is 9.73. The Labute approximate surface area is 147 Å². The Morgan fingerprint density at radius 1 is 1.28 bits per heavy atom. The molecule has 1 aromatic carbocycles. The molecule has 0 radical (unpaired) electrons. The molecule has 1 aliphatic heterocycles. The standard InChI is InChI=1S/C19H26F2N2O2/c20-15-2-1-14(17(21)11-15)12-19(13-22-16-3-4-16)6-9-23(10-7-19)8-5-18(24)25/h1-2,11,16,22H,3-10,12-13H2,(H,24,25). The predicted molar refractivity (Wildman–Crippen MR) is 91.4 cm³/mol. The first kappa shape index (κ1) is 18.3. The summed E-state index contributed by atoms with van der Waals surface area (Å²) in [5, 5.41) is 12.4. The third kappa shape index (κ3) is 5.22. The molecule has 1 aliphatic carbocycles. The van der Waals surface area contributed by atoms with Gasteiger partial charge in [-0.15, -0.1) is 0 Å². The van der Waals surface area contributed by atoms with Crippen molar-refractivity contribution < 1.29 is 18.7 Å². The lowest BCUT2D eigenvalue weighted by Crippen LogP contribution is -2.47. The van der Waals surface area contributed by atoms with Gasteiger partial charge in [0.15, 0.2) is 0 Å². The quantitative estimate of drug-likeness (QED) is 0.755. The molecule has 3 rings (SSSR count). The second-order valence-corrected chi connectivity index (χ2v) is 7.55. The van der Waals surface area contributed by atoms with E-state index in [0.717, 1.165) is 38.5 Å². The summed E-state index contributed by atoms with van der Waals surface area (Å²) in [7, 11) is 0. The number of nitrogens with zero attached hydrogens (tertiary/aromatic N) is 1. The second-order valence-electron chi connectivity index (χ2n) is 7.55. The smallest absolute Gasteiger partial charge is 0.304 e. The SMILES string of the molecule is O=C(O)CCN1CCC(CNC2CC2)(Cc2ccc(F)cc2F)CC1. The zero-order chi connectivity index (χ0) is 17.9. The van der Waals surface area contributed by atoms with Gasteiger partial charge in [0, 0.05) is 25.2 Å². The maximum atomic E-state index is 14.1. The fourth-order valence-corrected chi connectivity index (χ4v) is 3.64. The third-order valence-electron chi connectivity index (χ3n) is 5.48. The Bertz CT molecular complexity index is 611. The van der Waals surface area contributed by atoms with Gasteiger partial charge in [0.2, 0.25) is 0 Å². The molecule has 2 fully saturated rings. The van der Waals surface area contributed by atoms with E-state index >= 15 is 0 Å². The number of aliphatic carboxylic acids is 1. The van der Waals surface area contributed by atoms with Crippen LogP contribution in [0.5, 0.6) is 0 Å². The molecular formula is C19H26F2N2O2. The minimum absolute atomic E-state index is 0.0546. The van der Waals surface area contributed by atoms with Gasteiger partial charge in [-0.1, -0.05) is 6.07 Å². The minimum atomic E-state index is -0.777. The third-order valence-corrected chi connectivity index (χ3v) is 5.48. The average Bonchev–Trinajstić information content (AvgIpc) is 3.40. The maximum Gasteiger partial charge on any atom is 0.304 e. The van der Waals surface area contributed by atoms with E-state index in [2.05, 4.69) is 10.2 Å². The zero-order valence-electron chi connectivity index (χ0n) is 14.4. The molecule has 1 saturated carbocycles. The number of carboxylic acid groups (broad SMARTS) is 1. The van der Waals surface area contributed by atoms with E-state index in [1.807, 2.05) is 0 Å². The first-order valence-corrected chi connectivity index (χ1v) is 9.07. The highest BCUT2D eigenvalue weighted by molar-refractivity contribution is 5.66. The van der Waals surface area contributed by atoms with Crippen LogP contribution in [-0.2, 0) is 11.2 Å². The highest BCUT2D eigenvalue weighted by atomic mass is 19.1. The van der Waals surface area contributed by atoms with Crippen molar-refractivity contribution in [3.63, 3.8) is 0 Å². The van der Waals surface area contributed by atoms with Gasteiger partial charge < -0.3 is 15.3 Å². The molecule has 2 aliphatic rings. The fraction of sp³-hybridized carbons (Fsp3) is 0.632. The van der Waals surface area contributed by atoms with E-state index < -0.39 is 17.6 Å². The van der Waals surface area contributed by atoms with Crippen LogP contribution in [0.3, 0.4) is 0 Å². The Hall–Kier alpha value is -1.53. The summed E-state index contributed by atoms with van der Waals surface area (Å²) in [6, 6.07) is 4.42. The fourth-order valence-electron chi connectivity index (χ4n) is 3.64. The summed E-state index contributed by atoms with van der Waals surface area (Å²) in [5.74, 6) is -1.80. The van der Waals surface area contributed by atoms with Gasteiger partial charge in [0.05, 0.1) is 6.42 Å². The molecule has 0 aromatic heterocycles. The van der Waals surface area contributed by atoms with Crippen molar-refractivity contribution in [2.45, 2.75) is 44.6 Å². The van der Waals surface area contributed by atoms with E-state index in [0.29, 0.717) is 24.6 Å². The molecule has 0 spiro atoms. The number of carbonyl (C=O) groups is 1. The molecule has 25 heavy (non-hydrogen) atoms. The first-order valence-electron chi connectivity index (χ1n) is 9.07. The van der Waals surface area contributed by atoms with Crippen molar-refractivity contribution >= 4 is 5.97 Å². The number of rotatable bonds is 8. The first-order chi connectivity index (χ1) is 12.0. The van der Waals surface area contributed by atoms with Crippen molar-refractivity contribution in [2.75, 3.05) is 26.2 Å². The van der Waals surface area contributed by atoms with E-state index in [4.69, 9.17) is 5.11 Å². The van der Waals surface area contributed by atoms with Gasteiger partial charge in [0.25, 0.3) is 0 Å². The maximum absolute atomic E-state index is 14.1. The summed E-state index contributed by atoms with van der Waals surface area (Å²) >= 11 is 0. The molecule has 0 unspecified atom stereocenters. The van der Waals surface area contributed by atoms with Crippen molar-refractivity contribution in [2.24, 2.45) is 5.41 Å². The summed E-state index contributed by atoms with van der Waals surface area (Å²) in [6.07, 6.45) is 4.93. The molecule has 0 bridgehead atoms. The van der Waals surface area contributed by atoms with Gasteiger partial charge in [-0.25, -0.2) is 8.78 Å². The lowest BCUT2D eigenvalue weighted by Gasteiger charge is -2.42. The lowest BCUT2D eigenvalue weighted by molar-refractivity contribution is -0.137. The molecule has 0 atom stereocenters. The number of hydrogen-bond acceptors (Lipinski definition) is 3. The number of likely N-dealkylation sites (tertiary alicyclic amines) is 1. The molecule has 2 N–H and O–H groups in total. The van der Waals surface area contributed by atoms with Gasteiger partial charge in [-0.05, 0) is 62.2 Å². The van der Waals surface area contributed by atoms with Gasteiger partial charge in [-0.3, -0.25) is 4.79 Å². The van der Waals surface area contributed by atoms with Crippen LogP contribution in [0.4, 0.5) is 8.78 Å². The van der Waals surface area contributed by atoms with E-state index in [-0.39, 0.29) is 11.8 Å². The highest BCUT2D eigenvalue weighted by Gasteiger charge is 2.36. The van der Waals surface area contributed by atoms with Crippen LogP contribution in [-0.4, -0.2) is 48.2 Å². The summed E-state index contributed by atoms with van der Waals surface area (Å²) in [5.41, 5.74) is 0.513. The van der Waals surface area contributed by atoms with Gasteiger partial charge >= 0.3 is 5.97 Å². The van der Waals surface area contributed by atoms with Crippen LogP contribution in [0.2, 0.25) is 0 Å². The molecule has 138 valence electrons. The van der Waals surface area contributed by atoms with E-state index in [1.54, 1.807) is 6.07 Å². The summed E-state index contributed by atoms with van der Waals surface area (Å²) in [6.45, 7) is 3.04. The van der Waals surface area contributed by atoms with Crippen LogP contribution < -0.4 is 5.32 Å². The Morgan fingerprint density at radius 2 is 2.00 bits per heavy atom. The van der Waals surface area contributed by atoms with Crippen LogP contribution in [0.15, 0.2) is 18.2 Å². The Morgan fingerprint density at radius 3 is 2.60 bits per heavy atom. The van der Waals surface area contributed by atoms with Crippen LogP contribution >= 0.6 is 0 Å². The minimum Gasteiger partial charge on any atom is -0.481 e. The summed E-state index contributed by atoms with van der Waals surface area (Å²) < 4.78 is 27.3. The molecule has 1 heterocycles. The van der Waals surface area contributed by atoms with Crippen molar-refractivity contribution in [1.82, 2.24) is 10.2 Å². The number of nitrogens with one attached hydrogen (secondary N) is 1. The van der Waals surface area contributed by atoms with Crippen molar-refractivity contribution in [3.05, 3.63) is 35.4 Å². The van der Waals surface area contributed by atoms with Crippen molar-refractivity contribution in [1.29, 1.82) is 0 Å². The van der Waals surface area contributed by atoms with Crippen LogP contribution in [0.25, 0.3) is 0 Å². The number of halogens is 2. The van der Waals surface area contributed by atoms with Gasteiger partial charge in [-0.2, -0.15) is 0 Å². The topological polar surface area (TPSA) is 52.6 Å². The largest absolute Gasteiger partial charge is 0.481 e. The average molecular weight is 352 g/mol. The monoisotopic (exact) mass is 352 g/mol. The number of piperidine rings is 1. The van der Waals surface area contributed by atoms with E-state index in [9.17, 15) is 13.6 Å². The van der Waals surface area contributed by atoms with Crippen LogP contribution in [0, 0.1) is 17.0 Å². The molecule has 1 aromatic rings. The molecule has 0 amide bonds. The van der Waals surface area contributed by atoms with Crippen LogP contribution in [0.1, 0.15) is 37.7 Å². The highest BCUT2D eigenvalue weighted by Crippen LogP contribution is 2.36.